The molecule has 1 amide bonds. The lowest BCUT2D eigenvalue weighted by Crippen LogP contribution is -2.44. The van der Waals surface area contributed by atoms with Crippen molar-refractivity contribution in [2.45, 2.75) is 13.0 Å². The second-order valence-corrected chi connectivity index (χ2v) is 5.83. The standard InChI is InChI=1S/C19H21FN4O/c1-21-19(22-12-14-5-4-7-16(20)11-14)23-13-18(25)24-10-9-15-6-2-3-8-17(15)24/h2-8,11H,9-10,12-13H2,1H3,(H2,21,22,23). The van der Waals surface area contributed by atoms with Gasteiger partial charge in [-0.15, -0.1) is 0 Å². The third-order valence-corrected chi connectivity index (χ3v) is 4.17. The van der Waals surface area contributed by atoms with Crippen molar-refractivity contribution in [3.8, 4) is 0 Å². The monoisotopic (exact) mass is 340 g/mol. The minimum Gasteiger partial charge on any atom is -0.352 e. The number of fused-ring (bicyclic) bond motifs is 1. The minimum atomic E-state index is -0.273. The summed E-state index contributed by atoms with van der Waals surface area (Å²) < 4.78 is 13.2. The topological polar surface area (TPSA) is 56.7 Å². The number of anilines is 1. The highest BCUT2D eigenvalue weighted by molar-refractivity contribution is 5.98. The summed E-state index contributed by atoms with van der Waals surface area (Å²) in [5.74, 6) is 0.230. The Morgan fingerprint density at radius 1 is 1.20 bits per heavy atom. The molecular formula is C19H21FN4O. The molecule has 3 rings (SSSR count). The Hall–Kier alpha value is -2.89. The minimum absolute atomic E-state index is 0.00124. The Kier molecular flexibility index (Phi) is 5.28. The van der Waals surface area contributed by atoms with Crippen molar-refractivity contribution < 1.29 is 9.18 Å². The van der Waals surface area contributed by atoms with Crippen LogP contribution in [0.5, 0.6) is 0 Å². The first-order valence-electron chi connectivity index (χ1n) is 8.24. The summed E-state index contributed by atoms with van der Waals surface area (Å²) in [5.41, 5.74) is 2.99. The molecule has 25 heavy (non-hydrogen) atoms. The molecule has 0 radical (unpaired) electrons. The van der Waals surface area contributed by atoms with Crippen molar-refractivity contribution in [2.75, 3.05) is 25.0 Å². The Bertz CT molecular complexity index is 790. The maximum absolute atomic E-state index is 13.2. The molecule has 6 heteroatoms. The molecule has 0 fully saturated rings. The predicted octanol–water partition coefficient (Wildman–Crippen LogP) is 2.08. The van der Waals surface area contributed by atoms with Gasteiger partial charge in [0.1, 0.15) is 5.82 Å². The van der Waals surface area contributed by atoms with Crippen molar-refractivity contribution in [2.24, 2.45) is 4.99 Å². The van der Waals surface area contributed by atoms with E-state index in [9.17, 15) is 9.18 Å². The zero-order valence-corrected chi connectivity index (χ0v) is 14.1. The SMILES string of the molecule is CN=C(NCC(=O)N1CCc2ccccc21)NCc1cccc(F)c1. The largest absolute Gasteiger partial charge is 0.352 e. The third kappa shape index (κ3) is 4.15. The number of aliphatic imine (C=N–C) groups is 1. The van der Waals surface area contributed by atoms with Gasteiger partial charge in [-0.25, -0.2) is 4.39 Å². The molecule has 130 valence electrons. The zero-order valence-electron chi connectivity index (χ0n) is 14.1. The van der Waals surface area contributed by atoms with Gasteiger partial charge in [-0.05, 0) is 35.7 Å². The van der Waals surface area contributed by atoms with Crippen LogP contribution in [0.15, 0.2) is 53.5 Å². The van der Waals surface area contributed by atoms with E-state index >= 15 is 0 Å². The highest BCUT2D eigenvalue weighted by atomic mass is 19.1. The number of benzene rings is 2. The summed E-state index contributed by atoms with van der Waals surface area (Å²) in [6.07, 6.45) is 0.883. The Morgan fingerprint density at radius 3 is 2.84 bits per heavy atom. The van der Waals surface area contributed by atoms with E-state index in [0.717, 1.165) is 17.7 Å². The van der Waals surface area contributed by atoms with Gasteiger partial charge in [-0.1, -0.05) is 30.3 Å². The fourth-order valence-corrected chi connectivity index (χ4v) is 2.91. The first-order chi connectivity index (χ1) is 12.2. The molecule has 0 spiro atoms. The van der Waals surface area contributed by atoms with Gasteiger partial charge in [-0.2, -0.15) is 0 Å². The number of nitrogens with zero attached hydrogens (tertiary/aromatic N) is 2. The molecule has 5 nitrogen and oxygen atoms in total. The number of para-hydroxylation sites is 1. The number of carbonyl (C=O) groups excluding carboxylic acids is 1. The highest BCUT2D eigenvalue weighted by Crippen LogP contribution is 2.27. The van der Waals surface area contributed by atoms with E-state index in [4.69, 9.17) is 0 Å². The number of hydrogen-bond acceptors (Lipinski definition) is 2. The van der Waals surface area contributed by atoms with Crippen molar-refractivity contribution in [3.63, 3.8) is 0 Å². The number of guanidine groups is 1. The predicted molar refractivity (Wildman–Crippen MR) is 97.1 cm³/mol. The number of rotatable bonds is 4. The number of hydrogen-bond donors (Lipinski definition) is 2. The molecule has 1 aliphatic rings. The van der Waals surface area contributed by atoms with Gasteiger partial charge in [0.2, 0.25) is 5.91 Å². The number of amides is 1. The molecule has 1 aliphatic heterocycles. The van der Waals surface area contributed by atoms with Crippen LogP contribution in [0.1, 0.15) is 11.1 Å². The van der Waals surface area contributed by atoms with Crippen LogP contribution >= 0.6 is 0 Å². The van der Waals surface area contributed by atoms with Crippen LogP contribution in [0.2, 0.25) is 0 Å². The fourth-order valence-electron chi connectivity index (χ4n) is 2.91. The van der Waals surface area contributed by atoms with Crippen molar-refractivity contribution in [3.05, 3.63) is 65.5 Å². The highest BCUT2D eigenvalue weighted by Gasteiger charge is 2.23. The lowest BCUT2D eigenvalue weighted by atomic mass is 10.2. The van der Waals surface area contributed by atoms with Crippen LogP contribution in [-0.2, 0) is 17.8 Å². The smallest absolute Gasteiger partial charge is 0.246 e. The Morgan fingerprint density at radius 2 is 2.04 bits per heavy atom. The van der Waals surface area contributed by atoms with Crippen LogP contribution in [0.3, 0.4) is 0 Å². The van der Waals surface area contributed by atoms with E-state index in [1.165, 1.54) is 17.7 Å². The second kappa shape index (κ2) is 7.79. The Balaban J connectivity index is 1.52. The molecule has 2 aromatic carbocycles. The average Bonchev–Trinajstić information content (AvgIpc) is 3.06. The van der Waals surface area contributed by atoms with Gasteiger partial charge < -0.3 is 15.5 Å². The number of carbonyl (C=O) groups is 1. The molecule has 1 heterocycles. The van der Waals surface area contributed by atoms with Crippen molar-refractivity contribution in [1.29, 1.82) is 0 Å². The maximum Gasteiger partial charge on any atom is 0.246 e. The van der Waals surface area contributed by atoms with Crippen LogP contribution in [-0.4, -0.2) is 32.0 Å². The molecule has 2 N–H and O–H groups in total. The molecule has 0 aliphatic carbocycles. The lowest BCUT2D eigenvalue weighted by Gasteiger charge is -2.18. The van der Waals surface area contributed by atoms with E-state index in [0.29, 0.717) is 19.0 Å². The van der Waals surface area contributed by atoms with Gasteiger partial charge >= 0.3 is 0 Å². The third-order valence-electron chi connectivity index (χ3n) is 4.17. The normalized spacial score (nSPS) is 13.5. The van der Waals surface area contributed by atoms with E-state index in [1.54, 1.807) is 18.0 Å². The molecular weight excluding hydrogens is 319 g/mol. The summed E-state index contributed by atoms with van der Waals surface area (Å²) in [7, 11) is 1.64. The molecule has 0 aromatic heterocycles. The molecule has 0 saturated carbocycles. The van der Waals surface area contributed by atoms with Crippen molar-refractivity contribution >= 4 is 17.6 Å². The van der Waals surface area contributed by atoms with Gasteiger partial charge in [-0.3, -0.25) is 9.79 Å². The van der Waals surface area contributed by atoms with E-state index in [2.05, 4.69) is 21.7 Å². The summed E-state index contributed by atoms with van der Waals surface area (Å²) in [5, 5.41) is 6.10. The fraction of sp³-hybridized carbons (Fsp3) is 0.263. The Labute approximate surface area is 146 Å². The number of nitrogens with one attached hydrogen (secondary N) is 2. The first-order valence-corrected chi connectivity index (χ1v) is 8.24. The number of halogens is 1. The zero-order chi connectivity index (χ0) is 17.6. The quantitative estimate of drug-likeness (QED) is 0.662. The van der Waals surface area contributed by atoms with Crippen LogP contribution < -0.4 is 15.5 Å². The molecule has 0 bridgehead atoms. The van der Waals surface area contributed by atoms with Gasteiger partial charge in [0.15, 0.2) is 5.96 Å². The molecule has 0 saturated heterocycles. The second-order valence-electron chi connectivity index (χ2n) is 5.83. The van der Waals surface area contributed by atoms with Crippen LogP contribution in [0.4, 0.5) is 10.1 Å². The van der Waals surface area contributed by atoms with E-state index in [-0.39, 0.29) is 18.3 Å². The van der Waals surface area contributed by atoms with E-state index < -0.39 is 0 Å². The van der Waals surface area contributed by atoms with Crippen molar-refractivity contribution in [1.82, 2.24) is 10.6 Å². The average molecular weight is 340 g/mol. The summed E-state index contributed by atoms with van der Waals surface area (Å²) in [4.78, 5) is 18.4. The molecule has 2 aromatic rings. The summed E-state index contributed by atoms with van der Waals surface area (Å²) >= 11 is 0. The van der Waals surface area contributed by atoms with Gasteiger partial charge in [0.05, 0.1) is 6.54 Å². The van der Waals surface area contributed by atoms with Gasteiger partial charge in [0.25, 0.3) is 0 Å². The maximum atomic E-state index is 13.2. The molecule has 0 atom stereocenters. The first kappa shape index (κ1) is 17.0. The van der Waals surface area contributed by atoms with E-state index in [1.807, 2.05) is 24.3 Å². The summed E-state index contributed by atoms with van der Waals surface area (Å²) in [6.45, 7) is 1.28. The lowest BCUT2D eigenvalue weighted by molar-refractivity contribution is -0.117. The van der Waals surface area contributed by atoms with Crippen LogP contribution in [0.25, 0.3) is 0 Å². The van der Waals surface area contributed by atoms with Gasteiger partial charge in [0, 0.05) is 25.8 Å². The summed E-state index contributed by atoms with van der Waals surface area (Å²) in [6, 6.07) is 14.3. The van der Waals surface area contributed by atoms with Crippen LogP contribution in [0, 0.1) is 5.82 Å². The molecule has 0 unspecified atom stereocenters.